The maximum absolute atomic E-state index is 12.8. The van der Waals surface area contributed by atoms with Crippen molar-refractivity contribution in [1.82, 2.24) is 16.0 Å². The van der Waals surface area contributed by atoms with Gasteiger partial charge in [-0.2, -0.15) is 0 Å². The van der Waals surface area contributed by atoms with Crippen LogP contribution in [0.3, 0.4) is 0 Å². The van der Waals surface area contributed by atoms with Crippen LogP contribution in [0, 0.1) is 29.1 Å². The van der Waals surface area contributed by atoms with Crippen molar-refractivity contribution in [1.29, 1.82) is 0 Å². The Kier molecular flexibility index (Phi) is 7.11. The van der Waals surface area contributed by atoms with Gasteiger partial charge in [0.2, 0.25) is 5.91 Å². The Labute approximate surface area is 179 Å². The number of nitrogens with one attached hydrogen (secondary N) is 3. The molecule has 0 unspecified atom stereocenters. The van der Waals surface area contributed by atoms with E-state index in [0.717, 1.165) is 25.7 Å². The molecule has 0 saturated heterocycles. The standard InChI is InChI=1S/C23H37N3O4/c1-5-24-22(29)26-18-9-11-23(4)10-8-17(20(27)19(23)15(18)3)14(2)21(28)25-13-16-7-6-12-30-16/h6-7,12,14-15,17-20,27H,5,8-11,13H2,1-4H3,(H,25,28)(H2,24,26,29)/t14-,15+,17+,18+,19+,20-,23+/m0/s1. The summed E-state index contributed by atoms with van der Waals surface area (Å²) in [6, 6.07) is 3.51. The van der Waals surface area contributed by atoms with E-state index in [1.807, 2.05) is 19.9 Å². The van der Waals surface area contributed by atoms with Crippen LogP contribution >= 0.6 is 0 Å². The van der Waals surface area contributed by atoms with Crippen LogP contribution in [-0.4, -0.2) is 35.7 Å². The highest BCUT2D eigenvalue weighted by Crippen LogP contribution is 2.55. The van der Waals surface area contributed by atoms with Gasteiger partial charge in [-0.25, -0.2) is 4.79 Å². The second-order valence-corrected chi connectivity index (χ2v) is 9.47. The highest BCUT2D eigenvalue weighted by atomic mass is 16.3. The molecule has 7 heteroatoms. The number of carbonyl (C=O) groups is 2. The van der Waals surface area contributed by atoms with Crippen molar-refractivity contribution in [2.45, 2.75) is 72.1 Å². The lowest BCUT2D eigenvalue weighted by Gasteiger charge is -2.56. The first-order chi connectivity index (χ1) is 14.3. The summed E-state index contributed by atoms with van der Waals surface area (Å²) in [6.45, 7) is 9.14. The minimum absolute atomic E-state index is 0.0334. The molecule has 3 amide bonds. The third-order valence-electron chi connectivity index (χ3n) is 7.61. The largest absolute Gasteiger partial charge is 0.467 e. The van der Waals surface area contributed by atoms with E-state index < -0.39 is 6.10 Å². The van der Waals surface area contributed by atoms with E-state index in [1.165, 1.54) is 0 Å². The molecule has 30 heavy (non-hydrogen) atoms. The molecule has 3 rings (SSSR count). The number of hydrogen-bond acceptors (Lipinski definition) is 4. The predicted molar refractivity (Wildman–Crippen MR) is 114 cm³/mol. The van der Waals surface area contributed by atoms with Gasteiger partial charge in [0.05, 0.1) is 18.9 Å². The molecule has 168 valence electrons. The highest BCUT2D eigenvalue weighted by molar-refractivity contribution is 5.78. The molecule has 0 aromatic carbocycles. The average Bonchev–Trinajstić information content (AvgIpc) is 3.22. The molecule has 0 aliphatic heterocycles. The molecule has 4 N–H and O–H groups in total. The van der Waals surface area contributed by atoms with Gasteiger partial charge < -0.3 is 25.5 Å². The fourth-order valence-corrected chi connectivity index (χ4v) is 5.82. The van der Waals surface area contributed by atoms with Crippen LogP contribution in [0.1, 0.15) is 59.1 Å². The van der Waals surface area contributed by atoms with Gasteiger partial charge in [-0.1, -0.05) is 20.8 Å². The summed E-state index contributed by atoms with van der Waals surface area (Å²) in [6.07, 6.45) is 4.75. The molecule has 0 bridgehead atoms. The van der Waals surface area contributed by atoms with Crippen LogP contribution in [0.2, 0.25) is 0 Å². The van der Waals surface area contributed by atoms with Crippen LogP contribution in [0.5, 0.6) is 0 Å². The maximum atomic E-state index is 12.8. The number of amides is 3. The lowest BCUT2D eigenvalue weighted by molar-refractivity contribution is -0.142. The van der Waals surface area contributed by atoms with Crippen LogP contribution in [0.4, 0.5) is 4.79 Å². The van der Waals surface area contributed by atoms with Gasteiger partial charge in [0, 0.05) is 18.5 Å². The molecule has 2 fully saturated rings. The minimum atomic E-state index is -0.568. The molecule has 1 heterocycles. The van der Waals surface area contributed by atoms with E-state index in [4.69, 9.17) is 4.42 Å². The number of aliphatic hydroxyl groups excluding tert-OH is 1. The van der Waals surface area contributed by atoms with Crippen molar-refractivity contribution in [3.63, 3.8) is 0 Å². The zero-order chi connectivity index (χ0) is 21.9. The fraction of sp³-hybridized carbons (Fsp3) is 0.739. The third kappa shape index (κ3) is 4.66. The molecule has 1 aromatic rings. The summed E-state index contributed by atoms with van der Waals surface area (Å²) in [4.78, 5) is 24.8. The summed E-state index contributed by atoms with van der Waals surface area (Å²) in [7, 11) is 0. The Morgan fingerprint density at radius 1 is 1.30 bits per heavy atom. The van der Waals surface area contributed by atoms with Gasteiger partial charge in [-0.3, -0.25) is 4.79 Å². The van der Waals surface area contributed by atoms with E-state index >= 15 is 0 Å². The van der Waals surface area contributed by atoms with E-state index in [-0.39, 0.29) is 47.1 Å². The zero-order valence-electron chi connectivity index (χ0n) is 18.6. The van der Waals surface area contributed by atoms with Gasteiger partial charge in [0.1, 0.15) is 5.76 Å². The molecule has 0 radical (unpaired) electrons. The van der Waals surface area contributed by atoms with E-state index in [2.05, 4.69) is 29.8 Å². The minimum Gasteiger partial charge on any atom is -0.467 e. The number of fused-ring (bicyclic) bond motifs is 1. The molecule has 2 aliphatic rings. The Hall–Kier alpha value is -2.02. The van der Waals surface area contributed by atoms with Gasteiger partial charge in [0.25, 0.3) is 0 Å². The lowest BCUT2D eigenvalue weighted by atomic mass is 9.52. The fourth-order valence-electron chi connectivity index (χ4n) is 5.82. The molecule has 0 spiro atoms. The third-order valence-corrected chi connectivity index (χ3v) is 7.61. The van der Waals surface area contributed by atoms with Crippen molar-refractivity contribution >= 4 is 11.9 Å². The molecule has 2 aliphatic carbocycles. The van der Waals surface area contributed by atoms with Crippen LogP contribution in [-0.2, 0) is 11.3 Å². The SMILES string of the molecule is CCNC(=O)N[C@@H]1CC[C@@]2(C)CC[C@H]([C@H](C)C(=O)NCc3ccco3)[C@H](O)[C@H]2[C@@H]1C. The Balaban J connectivity index is 1.66. The highest BCUT2D eigenvalue weighted by Gasteiger charge is 2.53. The molecular formula is C23H37N3O4. The summed E-state index contributed by atoms with van der Waals surface area (Å²) in [5.41, 5.74) is 0.0408. The topological polar surface area (TPSA) is 104 Å². The number of hydrogen-bond donors (Lipinski definition) is 4. The number of urea groups is 1. The lowest BCUT2D eigenvalue weighted by Crippen LogP contribution is -2.59. The first-order valence-electron chi connectivity index (χ1n) is 11.3. The summed E-state index contributed by atoms with van der Waals surface area (Å²) < 4.78 is 5.29. The van der Waals surface area contributed by atoms with Gasteiger partial charge in [-0.05, 0) is 67.9 Å². The smallest absolute Gasteiger partial charge is 0.315 e. The van der Waals surface area contributed by atoms with Crippen molar-refractivity contribution in [3.05, 3.63) is 24.2 Å². The summed E-state index contributed by atoms with van der Waals surface area (Å²) in [5.74, 6) is 0.473. The zero-order valence-corrected chi connectivity index (χ0v) is 18.6. The number of rotatable bonds is 6. The van der Waals surface area contributed by atoms with Gasteiger partial charge >= 0.3 is 6.03 Å². The predicted octanol–water partition coefficient (Wildman–Crippen LogP) is 3.04. The molecule has 2 saturated carbocycles. The molecule has 7 nitrogen and oxygen atoms in total. The maximum Gasteiger partial charge on any atom is 0.315 e. The van der Waals surface area contributed by atoms with E-state index in [9.17, 15) is 14.7 Å². The normalized spacial score (nSPS) is 34.5. The van der Waals surface area contributed by atoms with Crippen molar-refractivity contribution in [2.24, 2.45) is 29.1 Å². The number of carbonyl (C=O) groups excluding carboxylic acids is 2. The van der Waals surface area contributed by atoms with Crippen molar-refractivity contribution in [3.8, 4) is 0 Å². The average molecular weight is 420 g/mol. The van der Waals surface area contributed by atoms with Crippen molar-refractivity contribution < 1.29 is 19.1 Å². The van der Waals surface area contributed by atoms with Crippen LogP contribution < -0.4 is 16.0 Å². The Morgan fingerprint density at radius 3 is 2.70 bits per heavy atom. The summed E-state index contributed by atoms with van der Waals surface area (Å²) >= 11 is 0. The van der Waals surface area contributed by atoms with E-state index in [1.54, 1.807) is 12.3 Å². The number of aliphatic hydroxyl groups is 1. The Bertz CT molecular complexity index is 722. The monoisotopic (exact) mass is 419 g/mol. The van der Waals surface area contributed by atoms with Gasteiger partial charge in [0.15, 0.2) is 0 Å². The quantitative estimate of drug-likeness (QED) is 0.569. The first kappa shape index (κ1) is 22.7. The van der Waals surface area contributed by atoms with Crippen LogP contribution in [0.25, 0.3) is 0 Å². The molecule has 1 aromatic heterocycles. The molecule has 7 atom stereocenters. The van der Waals surface area contributed by atoms with Gasteiger partial charge in [-0.15, -0.1) is 0 Å². The first-order valence-corrected chi connectivity index (χ1v) is 11.3. The van der Waals surface area contributed by atoms with E-state index in [0.29, 0.717) is 18.8 Å². The van der Waals surface area contributed by atoms with Crippen molar-refractivity contribution in [2.75, 3.05) is 6.54 Å². The second-order valence-electron chi connectivity index (χ2n) is 9.47. The van der Waals surface area contributed by atoms with Crippen LogP contribution in [0.15, 0.2) is 22.8 Å². The number of furan rings is 1. The second kappa shape index (κ2) is 9.41. The Morgan fingerprint density at radius 2 is 2.03 bits per heavy atom. The molecular weight excluding hydrogens is 382 g/mol. The summed E-state index contributed by atoms with van der Waals surface area (Å²) in [5, 5.41) is 20.2.